The van der Waals surface area contributed by atoms with Crippen LogP contribution in [0.2, 0.25) is 0 Å². The van der Waals surface area contributed by atoms with E-state index in [0.29, 0.717) is 0 Å². The van der Waals surface area contributed by atoms with Gasteiger partial charge < -0.3 is 0 Å². The minimum absolute atomic E-state index is 0.00125. The van der Waals surface area contributed by atoms with Gasteiger partial charge in [-0.1, -0.05) is 30.3 Å². The SMILES string of the molecule is O=PC1(c2ccccc2)CC1. The number of benzene rings is 1. The van der Waals surface area contributed by atoms with Gasteiger partial charge in [-0.05, 0) is 18.4 Å². The maximum absolute atomic E-state index is 10.8. The fraction of sp³-hybridized carbons (Fsp3) is 0.333. The summed E-state index contributed by atoms with van der Waals surface area (Å²) in [5.41, 5.74) is 1.22. The first-order valence-electron chi connectivity index (χ1n) is 3.77. The lowest BCUT2D eigenvalue weighted by atomic mass is 10.1. The van der Waals surface area contributed by atoms with E-state index in [2.05, 4.69) is 12.1 Å². The van der Waals surface area contributed by atoms with Crippen LogP contribution in [-0.4, -0.2) is 0 Å². The van der Waals surface area contributed by atoms with E-state index in [1.807, 2.05) is 18.2 Å². The lowest BCUT2D eigenvalue weighted by Gasteiger charge is -2.03. The first kappa shape index (κ1) is 7.00. The molecule has 0 heterocycles. The fourth-order valence-corrected chi connectivity index (χ4v) is 1.85. The van der Waals surface area contributed by atoms with Gasteiger partial charge in [0.2, 0.25) is 0 Å². The molecule has 0 radical (unpaired) electrons. The van der Waals surface area contributed by atoms with Crippen molar-refractivity contribution in [3.63, 3.8) is 0 Å². The maximum Gasteiger partial charge on any atom is 0.166 e. The predicted octanol–water partition coefficient (Wildman–Crippen LogP) is 2.97. The van der Waals surface area contributed by atoms with Crippen molar-refractivity contribution in [2.75, 3.05) is 0 Å². The van der Waals surface area contributed by atoms with Gasteiger partial charge in [0, 0.05) is 0 Å². The second-order valence-corrected chi connectivity index (χ2v) is 4.03. The summed E-state index contributed by atoms with van der Waals surface area (Å²) in [6.07, 6.45) is 2.14. The standard InChI is InChI=1S/C9H9OP/c10-11-9(6-7-9)8-4-2-1-3-5-8/h1-5H,6-7H2. The Morgan fingerprint density at radius 1 is 1.18 bits per heavy atom. The number of rotatable bonds is 2. The van der Waals surface area contributed by atoms with Crippen molar-refractivity contribution in [1.82, 2.24) is 0 Å². The zero-order valence-electron chi connectivity index (χ0n) is 6.16. The molecule has 0 saturated heterocycles. The molecule has 0 aliphatic heterocycles. The van der Waals surface area contributed by atoms with Crippen LogP contribution in [0.4, 0.5) is 0 Å². The summed E-state index contributed by atoms with van der Waals surface area (Å²) in [5, 5.41) is 0.00125. The third-order valence-electron chi connectivity index (χ3n) is 2.21. The van der Waals surface area contributed by atoms with E-state index >= 15 is 0 Å². The van der Waals surface area contributed by atoms with Gasteiger partial charge in [0.05, 0.1) is 5.16 Å². The molecule has 0 amide bonds. The molecule has 0 atom stereocenters. The van der Waals surface area contributed by atoms with Crippen LogP contribution in [0, 0.1) is 0 Å². The fourth-order valence-electron chi connectivity index (χ4n) is 1.30. The Labute approximate surface area is 67.6 Å². The summed E-state index contributed by atoms with van der Waals surface area (Å²) >= 11 is 0. The van der Waals surface area contributed by atoms with E-state index in [-0.39, 0.29) is 13.6 Å². The van der Waals surface area contributed by atoms with Crippen LogP contribution >= 0.6 is 8.46 Å². The molecule has 0 N–H and O–H groups in total. The summed E-state index contributed by atoms with van der Waals surface area (Å²) in [6.45, 7) is 0. The smallest absolute Gasteiger partial charge is 0.166 e. The Balaban J connectivity index is 2.37. The molecule has 56 valence electrons. The van der Waals surface area contributed by atoms with Crippen LogP contribution in [0.3, 0.4) is 0 Å². The van der Waals surface area contributed by atoms with Gasteiger partial charge in [-0.25, -0.2) is 0 Å². The predicted molar refractivity (Wildman–Crippen MR) is 45.0 cm³/mol. The van der Waals surface area contributed by atoms with Crippen molar-refractivity contribution >= 4 is 8.46 Å². The van der Waals surface area contributed by atoms with E-state index < -0.39 is 0 Å². The summed E-state index contributed by atoms with van der Waals surface area (Å²) in [6, 6.07) is 10.1. The molecule has 11 heavy (non-hydrogen) atoms. The number of hydrogen-bond donors (Lipinski definition) is 0. The van der Waals surface area contributed by atoms with Crippen LogP contribution in [0.15, 0.2) is 30.3 Å². The highest BCUT2D eigenvalue weighted by atomic mass is 31.1. The van der Waals surface area contributed by atoms with Gasteiger partial charge in [-0.15, -0.1) is 0 Å². The zero-order chi connectivity index (χ0) is 7.73. The topological polar surface area (TPSA) is 17.1 Å². The molecule has 1 aromatic rings. The monoisotopic (exact) mass is 164 g/mol. The largest absolute Gasteiger partial charge is 0.274 e. The summed E-state index contributed by atoms with van der Waals surface area (Å²) in [7, 11) is 0.282. The van der Waals surface area contributed by atoms with E-state index in [1.54, 1.807) is 0 Å². The molecule has 0 aromatic heterocycles. The van der Waals surface area contributed by atoms with Crippen LogP contribution < -0.4 is 0 Å². The van der Waals surface area contributed by atoms with Crippen molar-refractivity contribution in [2.24, 2.45) is 0 Å². The highest BCUT2D eigenvalue weighted by Crippen LogP contribution is 2.56. The van der Waals surface area contributed by atoms with Crippen LogP contribution in [0.5, 0.6) is 0 Å². The first-order valence-corrected chi connectivity index (χ1v) is 4.59. The molecule has 1 saturated carbocycles. The molecule has 0 spiro atoms. The minimum atomic E-state index is 0.00125. The first-order chi connectivity index (χ1) is 5.37. The zero-order valence-corrected chi connectivity index (χ0v) is 7.05. The summed E-state index contributed by atoms with van der Waals surface area (Å²) < 4.78 is 10.8. The molecule has 1 fully saturated rings. The highest BCUT2D eigenvalue weighted by molar-refractivity contribution is 7.26. The van der Waals surface area contributed by atoms with E-state index in [9.17, 15) is 4.57 Å². The van der Waals surface area contributed by atoms with Crippen molar-refractivity contribution in [2.45, 2.75) is 18.0 Å². The Hall–Kier alpha value is -0.680. The Morgan fingerprint density at radius 3 is 2.27 bits per heavy atom. The minimum Gasteiger partial charge on any atom is -0.274 e. The second kappa shape index (κ2) is 2.42. The Bertz CT molecular complexity index is 264. The van der Waals surface area contributed by atoms with E-state index in [1.165, 1.54) is 5.56 Å². The van der Waals surface area contributed by atoms with Gasteiger partial charge in [0.15, 0.2) is 8.46 Å². The quantitative estimate of drug-likeness (QED) is 0.614. The van der Waals surface area contributed by atoms with Crippen molar-refractivity contribution < 1.29 is 4.57 Å². The molecule has 2 heteroatoms. The van der Waals surface area contributed by atoms with Crippen LogP contribution in [0.1, 0.15) is 18.4 Å². The van der Waals surface area contributed by atoms with Gasteiger partial charge in [0.25, 0.3) is 0 Å². The molecule has 0 unspecified atom stereocenters. The van der Waals surface area contributed by atoms with E-state index in [0.717, 1.165) is 12.8 Å². The molecule has 1 nitrogen and oxygen atoms in total. The third-order valence-corrected chi connectivity index (χ3v) is 3.26. The summed E-state index contributed by atoms with van der Waals surface area (Å²) in [4.78, 5) is 0. The molecule has 1 aliphatic carbocycles. The average molecular weight is 164 g/mol. The van der Waals surface area contributed by atoms with Gasteiger partial charge in [-0.3, -0.25) is 4.57 Å². The second-order valence-electron chi connectivity index (χ2n) is 2.99. The van der Waals surface area contributed by atoms with Gasteiger partial charge in [0.1, 0.15) is 0 Å². The van der Waals surface area contributed by atoms with Gasteiger partial charge in [-0.2, -0.15) is 0 Å². The molecular weight excluding hydrogens is 155 g/mol. The lowest BCUT2D eigenvalue weighted by Crippen LogP contribution is -1.94. The molecule has 2 rings (SSSR count). The molecule has 1 aromatic carbocycles. The van der Waals surface area contributed by atoms with Crippen molar-refractivity contribution in [3.8, 4) is 0 Å². The number of hydrogen-bond acceptors (Lipinski definition) is 1. The van der Waals surface area contributed by atoms with Gasteiger partial charge >= 0.3 is 0 Å². The van der Waals surface area contributed by atoms with E-state index in [4.69, 9.17) is 0 Å². The highest BCUT2D eigenvalue weighted by Gasteiger charge is 2.45. The lowest BCUT2D eigenvalue weighted by molar-refractivity contribution is 0.590. The summed E-state index contributed by atoms with van der Waals surface area (Å²) in [5.74, 6) is 0. The molecule has 0 bridgehead atoms. The van der Waals surface area contributed by atoms with Crippen LogP contribution in [-0.2, 0) is 9.72 Å². The Kier molecular flexibility index (Phi) is 1.54. The van der Waals surface area contributed by atoms with Crippen molar-refractivity contribution in [1.29, 1.82) is 0 Å². The normalized spacial score (nSPS) is 20.0. The average Bonchev–Trinajstić information content (AvgIpc) is 2.86. The van der Waals surface area contributed by atoms with Crippen LogP contribution in [0.25, 0.3) is 0 Å². The maximum atomic E-state index is 10.8. The molecule has 1 aliphatic rings. The Morgan fingerprint density at radius 2 is 1.82 bits per heavy atom. The molecular formula is C9H9OP. The third kappa shape index (κ3) is 1.10. The van der Waals surface area contributed by atoms with Crippen molar-refractivity contribution in [3.05, 3.63) is 35.9 Å².